The number of piperidine rings is 1. The second-order valence-corrected chi connectivity index (χ2v) is 6.42. The van der Waals surface area contributed by atoms with Crippen LogP contribution in [-0.4, -0.2) is 22.3 Å². The highest BCUT2D eigenvalue weighted by Gasteiger charge is 2.32. The summed E-state index contributed by atoms with van der Waals surface area (Å²) >= 11 is 0. The van der Waals surface area contributed by atoms with E-state index < -0.39 is 0 Å². The minimum absolute atomic E-state index is 0.0936. The smallest absolute Gasteiger partial charge is 0.223 e. The summed E-state index contributed by atoms with van der Waals surface area (Å²) in [5.74, 6) is 1.77. The lowest BCUT2D eigenvalue weighted by Crippen LogP contribution is -2.40. The highest BCUT2D eigenvalue weighted by Crippen LogP contribution is 2.34. The van der Waals surface area contributed by atoms with Crippen molar-refractivity contribution in [2.75, 3.05) is 6.54 Å². The lowest BCUT2D eigenvalue weighted by atomic mass is 9.90. The van der Waals surface area contributed by atoms with Crippen molar-refractivity contribution in [3.8, 4) is 0 Å². The van der Waals surface area contributed by atoms with Crippen molar-refractivity contribution in [3.05, 3.63) is 54.2 Å². The summed E-state index contributed by atoms with van der Waals surface area (Å²) < 4.78 is 5.57. The third kappa shape index (κ3) is 4.01. The van der Waals surface area contributed by atoms with E-state index in [1.165, 1.54) is 0 Å². The van der Waals surface area contributed by atoms with Crippen LogP contribution in [-0.2, 0) is 11.2 Å². The van der Waals surface area contributed by atoms with Gasteiger partial charge in [0.05, 0.1) is 12.3 Å². The maximum Gasteiger partial charge on any atom is 0.223 e. The number of amides is 1. The topological polar surface area (TPSA) is 46.3 Å². The van der Waals surface area contributed by atoms with Gasteiger partial charge in [-0.05, 0) is 55.9 Å². The van der Waals surface area contributed by atoms with Crippen molar-refractivity contribution < 1.29 is 9.21 Å². The van der Waals surface area contributed by atoms with Crippen LogP contribution in [0.25, 0.3) is 0 Å². The fourth-order valence-electron chi connectivity index (χ4n) is 3.30. The molecule has 0 N–H and O–H groups in total. The van der Waals surface area contributed by atoms with Crippen LogP contribution in [0.1, 0.15) is 50.1 Å². The van der Waals surface area contributed by atoms with Gasteiger partial charge in [0.1, 0.15) is 5.76 Å². The molecule has 1 saturated heterocycles. The zero-order valence-electron chi connectivity index (χ0n) is 13.6. The molecule has 0 aliphatic carbocycles. The fourth-order valence-corrected chi connectivity index (χ4v) is 3.30. The Balaban J connectivity index is 1.58. The minimum atomic E-state index is 0.0936. The third-order valence-electron chi connectivity index (χ3n) is 4.61. The monoisotopic (exact) mass is 312 g/mol. The predicted molar refractivity (Wildman–Crippen MR) is 88.7 cm³/mol. The molecule has 122 valence electrons. The van der Waals surface area contributed by atoms with E-state index >= 15 is 0 Å². The quantitative estimate of drug-likeness (QED) is 0.838. The first-order valence-electron chi connectivity index (χ1n) is 8.47. The molecule has 1 aliphatic rings. The van der Waals surface area contributed by atoms with Gasteiger partial charge in [-0.15, -0.1) is 0 Å². The Kier molecular flexibility index (Phi) is 5.11. The van der Waals surface area contributed by atoms with Gasteiger partial charge < -0.3 is 9.32 Å². The van der Waals surface area contributed by atoms with E-state index in [0.29, 0.717) is 12.3 Å². The Hall–Kier alpha value is -2.10. The molecule has 2 aromatic rings. The van der Waals surface area contributed by atoms with Crippen LogP contribution in [0.2, 0.25) is 0 Å². The summed E-state index contributed by atoms with van der Waals surface area (Å²) in [6.45, 7) is 3.08. The largest absolute Gasteiger partial charge is 0.467 e. The SMILES string of the molecule is C[C@H]1CCN(C(=O)CCCc2ccccn2)[C@@H](c2ccco2)C1. The maximum absolute atomic E-state index is 12.7. The summed E-state index contributed by atoms with van der Waals surface area (Å²) in [5, 5.41) is 0. The molecule has 0 unspecified atom stereocenters. The fraction of sp³-hybridized carbons (Fsp3) is 0.474. The van der Waals surface area contributed by atoms with Crippen molar-refractivity contribution in [1.29, 1.82) is 0 Å². The van der Waals surface area contributed by atoms with Crippen molar-refractivity contribution in [2.45, 2.75) is 45.1 Å². The molecule has 0 radical (unpaired) electrons. The van der Waals surface area contributed by atoms with Crippen molar-refractivity contribution in [2.24, 2.45) is 5.92 Å². The zero-order chi connectivity index (χ0) is 16.1. The van der Waals surface area contributed by atoms with E-state index in [4.69, 9.17) is 4.42 Å². The van der Waals surface area contributed by atoms with E-state index in [0.717, 1.165) is 43.7 Å². The van der Waals surface area contributed by atoms with Crippen LogP contribution < -0.4 is 0 Å². The van der Waals surface area contributed by atoms with Gasteiger partial charge in [-0.1, -0.05) is 13.0 Å². The molecule has 1 fully saturated rings. The molecule has 3 heterocycles. The average molecular weight is 312 g/mol. The Bertz CT molecular complexity index is 610. The first-order chi connectivity index (χ1) is 11.2. The molecular weight excluding hydrogens is 288 g/mol. The molecular formula is C19H24N2O2. The maximum atomic E-state index is 12.7. The van der Waals surface area contributed by atoms with Crippen LogP contribution in [0.3, 0.4) is 0 Å². The zero-order valence-corrected chi connectivity index (χ0v) is 13.6. The number of hydrogen-bond acceptors (Lipinski definition) is 3. The van der Waals surface area contributed by atoms with Gasteiger partial charge in [0.2, 0.25) is 5.91 Å². The minimum Gasteiger partial charge on any atom is -0.467 e. The summed E-state index contributed by atoms with van der Waals surface area (Å²) in [5.41, 5.74) is 1.05. The lowest BCUT2D eigenvalue weighted by molar-refractivity contribution is -0.136. The molecule has 1 aliphatic heterocycles. The van der Waals surface area contributed by atoms with E-state index in [9.17, 15) is 4.79 Å². The van der Waals surface area contributed by atoms with Gasteiger partial charge in [0, 0.05) is 24.9 Å². The molecule has 0 spiro atoms. The number of aryl methyl sites for hydroxylation is 1. The molecule has 0 aromatic carbocycles. The number of aromatic nitrogens is 1. The lowest BCUT2D eigenvalue weighted by Gasteiger charge is -2.37. The number of carbonyl (C=O) groups excluding carboxylic acids is 1. The van der Waals surface area contributed by atoms with Gasteiger partial charge in [0.15, 0.2) is 0 Å². The normalized spacial score (nSPS) is 21.3. The van der Waals surface area contributed by atoms with Gasteiger partial charge >= 0.3 is 0 Å². The van der Waals surface area contributed by atoms with E-state index in [1.807, 2.05) is 35.2 Å². The Morgan fingerprint density at radius 2 is 2.26 bits per heavy atom. The summed E-state index contributed by atoms with van der Waals surface area (Å²) in [4.78, 5) is 19.0. The number of pyridine rings is 1. The third-order valence-corrected chi connectivity index (χ3v) is 4.61. The highest BCUT2D eigenvalue weighted by molar-refractivity contribution is 5.76. The second-order valence-electron chi connectivity index (χ2n) is 6.42. The molecule has 4 nitrogen and oxygen atoms in total. The van der Waals surface area contributed by atoms with Crippen molar-refractivity contribution >= 4 is 5.91 Å². The second kappa shape index (κ2) is 7.44. The van der Waals surface area contributed by atoms with Crippen LogP contribution in [0, 0.1) is 5.92 Å². The predicted octanol–water partition coefficient (Wildman–Crippen LogP) is 4.00. The molecule has 1 amide bonds. The molecule has 2 atom stereocenters. The average Bonchev–Trinajstić information content (AvgIpc) is 3.10. The van der Waals surface area contributed by atoms with Gasteiger partial charge in [-0.2, -0.15) is 0 Å². The number of rotatable bonds is 5. The Labute approximate surface area is 137 Å². The van der Waals surface area contributed by atoms with Crippen LogP contribution >= 0.6 is 0 Å². The molecule has 0 bridgehead atoms. The molecule has 23 heavy (non-hydrogen) atoms. The highest BCUT2D eigenvalue weighted by atomic mass is 16.3. The van der Waals surface area contributed by atoms with Gasteiger partial charge in [-0.3, -0.25) is 9.78 Å². The first-order valence-corrected chi connectivity index (χ1v) is 8.47. The Morgan fingerprint density at radius 3 is 3.00 bits per heavy atom. The van der Waals surface area contributed by atoms with Crippen LogP contribution in [0.4, 0.5) is 0 Å². The molecule has 2 aromatic heterocycles. The molecule has 0 saturated carbocycles. The number of likely N-dealkylation sites (tertiary alicyclic amines) is 1. The number of hydrogen-bond donors (Lipinski definition) is 0. The van der Waals surface area contributed by atoms with E-state index in [1.54, 1.807) is 12.5 Å². The van der Waals surface area contributed by atoms with Crippen molar-refractivity contribution in [3.63, 3.8) is 0 Å². The molecule has 3 rings (SSSR count). The number of nitrogens with zero attached hydrogens (tertiary/aromatic N) is 2. The van der Waals surface area contributed by atoms with Crippen LogP contribution in [0.15, 0.2) is 47.2 Å². The summed E-state index contributed by atoms with van der Waals surface area (Å²) in [6, 6.07) is 9.89. The van der Waals surface area contributed by atoms with Crippen LogP contribution in [0.5, 0.6) is 0 Å². The number of carbonyl (C=O) groups is 1. The Morgan fingerprint density at radius 1 is 1.35 bits per heavy atom. The van der Waals surface area contributed by atoms with E-state index in [2.05, 4.69) is 11.9 Å². The van der Waals surface area contributed by atoms with Crippen molar-refractivity contribution in [1.82, 2.24) is 9.88 Å². The number of furan rings is 1. The summed E-state index contributed by atoms with van der Waals surface area (Å²) in [6.07, 6.45) is 7.81. The van der Waals surface area contributed by atoms with Gasteiger partial charge in [-0.25, -0.2) is 0 Å². The standard InChI is InChI=1S/C19H24N2O2/c1-15-10-12-21(17(14-15)18-8-5-13-23-18)19(22)9-4-7-16-6-2-3-11-20-16/h2-3,5-6,8,11,13,15,17H,4,7,9-10,12,14H2,1H3/t15-,17+/m0/s1. The molecule has 4 heteroatoms. The first kappa shape index (κ1) is 15.8. The van der Waals surface area contributed by atoms with E-state index in [-0.39, 0.29) is 11.9 Å². The summed E-state index contributed by atoms with van der Waals surface area (Å²) in [7, 11) is 0. The van der Waals surface area contributed by atoms with Gasteiger partial charge in [0.25, 0.3) is 0 Å².